The minimum atomic E-state index is -0.922. The first-order valence-corrected chi connectivity index (χ1v) is 7.57. The highest BCUT2D eigenvalue weighted by atomic mass is 16.4. The van der Waals surface area contributed by atoms with Crippen molar-refractivity contribution in [3.8, 4) is 0 Å². The number of rotatable bonds is 2. The van der Waals surface area contributed by atoms with Gasteiger partial charge in [-0.15, -0.1) is 0 Å². The number of carbonyl (C=O) groups is 3. The number of hydrogen-bond acceptors (Lipinski definition) is 3. The van der Waals surface area contributed by atoms with E-state index in [0.29, 0.717) is 19.5 Å². The van der Waals surface area contributed by atoms with Crippen LogP contribution in [0.1, 0.15) is 33.6 Å². The van der Waals surface area contributed by atoms with Crippen LogP contribution in [-0.2, 0) is 14.4 Å². The third-order valence-corrected chi connectivity index (χ3v) is 5.69. The molecule has 0 aromatic heterocycles. The Morgan fingerprint density at radius 2 is 1.86 bits per heavy atom. The van der Waals surface area contributed by atoms with Gasteiger partial charge in [0, 0.05) is 25.9 Å². The Balaban J connectivity index is 1.79. The number of hydrogen-bond donors (Lipinski definition) is 1. The predicted octanol–water partition coefficient (Wildman–Crippen LogP) is 0.565. The summed E-state index contributed by atoms with van der Waals surface area (Å²) in [6, 6.07) is -1.20. The summed E-state index contributed by atoms with van der Waals surface area (Å²) < 4.78 is 0. The van der Waals surface area contributed by atoms with Crippen molar-refractivity contribution >= 4 is 17.8 Å². The molecule has 3 fully saturated rings. The van der Waals surface area contributed by atoms with Gasteiger partial charge < -0.3 is 14.9 Å². The zero-order valence-corrected chi connectivity index (χ0v) is 12.7. The fraction of sp³-hybridized carbons (Fsp3) is 0.800. The summed E-state index contributed by atoms with van der Waals surface area (Å²) >= 11 is 0. The fourth-order valence-electron chi connectivity index (χ4n) is 4.39. The van der Waals surface area contributed by atoms with Crippen LogP contribution < -0.4 is 0 Å². The second kappa shape index (κ2) is 4.45. The van der Waals surface area contributed by atoms with Gasteiger partial charge in [0.2, 0.25) is 11.8 Å². The average Bonchev–Trinajstić information content (AvgIpc) is 2.88. The maximum Gasteiger partial charge on any atom is 0.326 e. The van der Waals surface area contributed by atoms with Crippen molar-refractivity contribution in [1.29, 1.82) is 0 Å². The molecule has 2 saturated heterocycles. The molecule has 0 spiro atoms. The largest absolute Gasteiger partial charge is 0.480 e. The number of fused-ring (bicyclic) bond motifs is 1. The molecule has 116 valence electrons. The third kappa shape index (κ3) is 1.95. The summed E-state index contributed by atoms with van der Waals surface area (Å²) in [4.78, 5) is 39.0. The molecule has 3 rings (SSSR count). The van der Waals surface area contributed by atoms with Crippen molar-refractivity contribution in [3.05, 3.63) is 0 Å². The van der Waals surface area contributed by atoms with E-state index in [4.69, 9.17) is 0 Å². The lowest BCUT2D eigenvalue weighted by molar-refractivity contribution is -0.153. The molecule has 2 aliphatic heterocycles. The van der Waals surface area contributed by atoms with Crippen LogP contribution in [-0.4, -0.2) is 57.9 Å². The van der Waals surface area contributed by atoms with Gasteiger partial charge in [-0.05, 0) is 24.2 Å². The SMILES string of the molecule is CC(=O)N1CCC[C@@H]1C(=O)N1C[C@H]2[C@@H]([C@H]1C(=O)O)C2(C)C. The topological polar surface area (TPSA) is 77.9 Å². The molecular weight excluding hydrogens is 272 g/mol. The van der Waals surface area contributed by atoms with Gasteiger partial charge in [-0.3, -0.25) is 9.59 Å². The predicted molar refractivity (Wildman–Crippen MR) is 74.3 cm³/mol. The summed E-state index contributed by atoms with van der Waals surface area (Å²) in [5.41, 5.74) is 0.00970. The summed E-state index contributed by atoms with van der Waals surface area (Å²) in [6.45, 7) is 6.70. The van der Waals surface area contributed by atoms with E-state index in [1.165, 1.54) is 11.8 Å². The van der Waals surface area contributed by atoms with Gasteiger partial charge in [0.1, 0.15) is 12.1 Å². The lowest BCUT2D eigenvalue weighted by Gasteiger charge is -2.32. The van der Waals surface area contributed by atoms with Gasteiger partial charge in [-0.2, -0.15) is 0 Å². The molecule has 1 saturated carbocycles. The van der Waals surface area contributed by atoms with E-state index in [0.717, 1.165) is 6.42 Å². The molecule has 0 radical (unpaired) electrons. The molecule has 6 heteroatoms. The fourth-order valence-corrected chi connectivity index (χ4v) is 4.39. The van der Waals surface area contributed by atoms with E-state index in [9.17, 15) is 19.5 Å². The first-order valence-electron chi connectivity index (χ1n) is 7.57. The first kappa shape index (κ1) is 14.4. The number of aliphatic carboxylic acids is 1. The van der Waals surface area contributed by atoms with Crippen molar-refractivity contribution in [2.24, 2.45) is 17.3 Å². The molecule has 1 N–H and O–H groups in total. The van der Waals surface area contributed by atoms with E-state index in [2.05, 4.69) is 13.8 Å². The normalized spacial score (nSPS) is 36.5. The van der Waals surface area contributed by atoms with E-state index >= 15 is 0 Å². The molecule has 2 amide bonds. The number of carbonyl (C=O) groups excluding carboxylic acids is 2. The standard InChI is InChI=1S/C15H22N2O4/c1-8(18)16-6-4-5-10(16)13(19)17-7-9-11(15(9,2)3)12(17)14(20)21/h9-12H,4-7H2,1-3H3,(H,20,21)/t9-,10+,11-,12-/m0/s1. The number of likely N-dealkylation sites (tertiary alicyclic amines) is 2. The number of carboxylic acid groups (broad SMARTS) is 1. The zero-order chi connectivity index (χ0) is 15.5. The van der Waals surface area contributed by atoms with Crippen LogP contribution >= 0.6 is 0 Å². The van der Waals surface area contributed by atoms with Crippen LogP contribution in [0.4, 0.5) is 0 Å². The summed E-state index contributed by atoms with van der Waals surface area (Å²) in [6.07, 6.45) is 1.44. The van der Waals surface area contributed by atoms with Crippen LogP contribution in [0.25, 0.3) is 0 Å². The highest BCUT2D eigenvalue weighted by Gasteiger charge is 2.69. The Morgan fingerprint density at radius 1 is 1.19 bits per heavy atom. The van der Waals surface area contributed by atoms with Crippen LogP contribution in [0.5, 0.6) is 0 Å². The smallest absolute Gasteiger partial charge is 0.326 e. The van der Waals surface area contributed by atoms with Crippen molar-refractivity contribution in [2.45, 2.75) is 45.7 Å². The molecule has 0 bridgehead atoms. The van der Waals surface area contributed by atoms with E-state index < -0.39 is 18.1 Å². The number of carboxylic acids is 1. The van der Waals surface area contributed by atoms with Crippen molar-refractivity contribution in [3.63, 3.8) is 0 Å². The first-order chi connectivity index (χ1) is 9.76. The van der Waals surface area contributed by atoms with E-state index in [-0.39, 0.29) is 29.1 Å². The third-order valence-electron chi connectivity index (χ3n) is 5.69. The molecule has 2 heterocycles. The van der Waals surface area contributed by atoms with Gasteiger partial charge in [0.05, 0.1) is 0 Å². The van der Waals surface area contributed by atoms with Crippen LogP contribution in [0.15, 0.2) is 0 Å². The maximum absolute atomic E-state index is 12.7. The lowest BCUT2D eigenvalue weighted by atomic mass is 10.00. The van der Waals surface area contributed by atoms with Crippen molar-refractivity contribution in [2.75, 3.05) is 13.1 Å². The molecule has 6 nitrogen and oxygen atoms in total. The van der Waals surface area contributed by atoms with E-state index in [1.807, 2.05) is 0 Å². The van der Waals surface area contributed by atoms with E-state index in [1.54, 1.807) is 4.90 Å². The summed E-state index contributed by atoms with van der Waals surface area (Å²) in [5, 5.41) is 9.51. The monoisotopic (exact) mass is 294 g/mol. The summed E-state index contributed by atoms with van der Waals surface area (Å²) in [5.74, 6) is -0.893. The molecule has 0 aromatic rings. The Hall–Kier alpha value is -1.59. The zero-order valence-electron chi connectivity index (χ0n) is 12.7. The van der Waals surface area contributed by atoms with Crippen LogP contribution in [0.3, 0.4) is 0 Å². The second-order valence-electron chi connectivity index (χ2n) is 7.10. The van der Waals surface area contributed by atoms with Crippen molar-refractivity contribution in [1.82, 2.24) is 9.80 Å². The quantitative estimate of drug-likeness (QED) is 0.807. The summed E-state index contributed by atoms with van der Waals surface area (Å²) in [7, 11) is 0. The van der Waals surface area contributed by atoms with Gasteiger partial charge in [0.15, 0.2) is 0 Å². The highest BCUT2D eigenvalue weighted by Crippen LogP contribution is 2.64. The molecule has 1 aliphatic carbocycles. The highest BCUT2D eigenvalue weighted by molar-refractivity contribution is 5.91. The van der Waals surface area contributed by atoms with Gasteiger partial charge >= 0.3 is 5.97 Å². The van der Waals surface area contributed by atoms with Crippen molar-refractivity contribution < 1.29 is 19.5 Å². The Bertz CT molecular complexity index is 516. The van der Waals surface area contributed by atoms with Crippen LogP contribution in [0.2, 0.25) is 0 Å². The second-order valence-corrected chi connectivity index (χ2v) is 7.10. The molecule has 0 unspecified atom stereocenters. The minimum Gasteiger partial charge on any atom is -0.480 e. The average molecular weight is 294 g/mol. The van der Waals surface area contributed by atoms with Crippen LogP contribution in [0, 0.1) is 17.3 Å². The molecular formula is C15H22N2O4. The number of nitrogens with zero attached hydrogens (tertiary/aromatic N) is 2. The number of piperidine rings is 1. The Morgan fingerprint density at radius 3 is 2.43 bits per heavy atom. The number of amides is 2. The molecule has 3 aliphatic rings. The maximum atomic E-state index is 12.7. The molecule has 0 aromatic carbocycles. The lowest BCUT2D eigenvalue weighted by Crippen LogP contribution is -2.52. The van der Waals surface area contributed by atoms with Gasteiger partial charge in [0.25, 0.3) is 0 Å². The van der Waals surface area contributed by atoms with Gasteiger partial charge in [-0.1, -0.05) is 13.8 Å². The minimum absolute atomic E-state index is 0.00970. The Labute approximate surface area is 124 Å². The molecule has 21 heavy (non-hydrogen) atoms. The van der Waals surface area contributed by atoms with Gasteiger partial charge in [-0.25, -0.2) is 4.79 Å². The Kier molecular flexibility index (Phi) is 3.04. The molecule has 4 atom stereocenters.